The Balaban J connectivity index is 2.79. The van der Waals surface area contributed by atoms with E-state index in [2.05, 4.69) is 20.1 Å². The fourth-order valence-electron chi connectivity index (χ4n) is 1.36. The van der Waals surface area contributed by atoms with Crippen LogP contribution in [0.5, 0.6) is 0 Å². The van der Waals surface area contributed by atoms with Crippen molar-refractivity contribution in [2.45, 2.75) is 14.8 Å². The van der Waals surface area contributed by atoms with Gasteiger partial charge in [0.05, 0.1) is 0 Å². The van der Waals surface area contributed by atoms with Crippen LogP contribution < -0.4 is 8.90 Å². The van der Waals surface area contributed by atoms with Gasteiger partial charge in [0.1, 0.15) is 0 Å². The van der Waals surface area contributed by atoms with Crippen molar-refractivity contribution in [1.29, 1.82) is 0 Å². The van der Waals surface area contributed by atoms with Gasteiger partial charge in [0.2, 0.25) is 0 Å². The Morgan fingerprint density at radius 3 is 2.25 bits per heavy atom. The number of hydrogen-bond acceptors (Lipinski definition) is 2. The molecule has 0 aliphatic rings. The zero-order valence-corrected chi connectivity index (χ0v) is 12.8. The van der Waals surface area contributed by atoms with Gasteiger partial charge in [-0.1, -0.05) is 0 Å². The summed E-state index contributed by atoms with van der Waals surface area (Å²) in [5, 5.41) is 2.52. The average molecular weight is 326 g/mol. The molecule has 0 bridgehead atoms. The van der Waals surface area contributed by atoms with Crippen LogP contribution in [0.3, 0.4) is 0 Å². The molecule has 16 heavy (non-hydrogen) atoms. The average Bonchev–Trinajstić information content (AvgIpc) is 2.25. The standard InChI is InChI=1S/C9H8NO2.3CH3.Sn/c11-7-6-10-9(12)8-4-2-1-3-5-8;;;;/h2-5,7H,6H2,(H,10,12);3*1H3;. The van der Waals surface area contributed by atoms with Gasteiger partial charge in [-0.3, -0.25) is 0 Å². The maximum absolute atomic E-state index is 11.5. The summed E-state index contributed by atoms with van der Waals surface area (Å²) in [4.78, 5) is 28.6. The fraction of sp³-hybridized carbons (Fsp3) is 0.333. The Hall–Kier alpha value is -0.841. The third-order valence-corrected chi connectivity index (χ3v) is 8.25. The predicted molar refractivity (Wildman–Crippen MR) is 67.8 cm³/mol. The van der Waals surface area contributed by atoms with Crippen LogP contribution in [0.15, 0.2) is 24.3 Å². The first-order valence-corrected chi connectivity index (χ1v) is 15.3. The Morgan fingerprint density at radius 2 is 1.81 bits per heavy atom. The van der Waals surface area contributed by atoms with Crippen LogP contribution in [-0.4, -0.2) is 37.1 Å². The van der Waals surface area contributed by atoms with Gasteiger partial charge in [0.25, 0.3) is 0 Å². The molecule has 0 fully saturated rings. The van der Waals surface area contributed by atoms with Crippen molar-refractivity contribution >= 4 is 34.1 Å². The van der Waals surface area contributed by atoms with E-state index in [9.17, 15) is 9.59 Å². The Kier molecular flexibility index (Phi) is 4.53. The van der Waals surface area contributed by atoms with E-state index in [-0.39, 0.29) is 12.5 Å². The Morgan fingerprint density at radius 1 is 1.25 bits per heavy atom. The summed E-state index contributed by atoms with van der Waals surface area (Å²) in [6, 6.07) is 7.73. The third kappa shape index (κ3) is 3.63. The van der Waals surface area contributed by atoms with E-state index in [0.717, 1.165) is 0 Å². The van der Waals surface area contributed by atoms with Crippen molar-refractivity contribution in [2.24, 2.45) is 0 Å². The molecule has 4 heteroatoms. The molecule has 1 rings (SSSR count). The number of nitrogens with one attached hydrogen (secondary N) is 1. The minimum absolute atomic E-state index is 0.0685. The molecule has 0 aliphatic carbocycles. The second kappa shape index (κ2) is 5.48. The second-order valence-corrected chi connectivity index (χ2v) is 19.2. The summed E-state index contributed by atoms with van der Waals surface area (Å²) < 4.78 is 1.39. The molecule has 0 atom stereocenters. The molecular weight excluding hydrogens is 309 g/mol. The molecule has 0 heterocycles. The van der Waals surface area contributed by atoms with E-state index in [1.807, 2.05) is 24.3 Å². The Bertz CT molecular complexity index is 379. The predicted octanol–water partition coefficient (Wildman–Crippen LogP) is 1.16. The van der Waals surface area contributed by atoms with Crippen LogP contribution >= 0.6 is 0 Å². The van der Waals surface area contributed by atoms with Crippen molar-refractivity contribution in [3.05, 3.63) is 29.8 Å². The van der Waals surface area contributed by atoms with Gasteiger partial charge in [0.15, 0.2) is 0 Å². The SMILES string of the molecule is [CH3][Sn]([CH3])([CH3])[c]1ccc(C(=O)NCC=O)cc1. The minimum atomic E-state index is -2.01. The van der Waals surface area contributed by atoms with Gasteiger partial charge in [-0.05, 0) is 0 Å². The first-order valence-electron chi connectivity index (χ1n) is 5.27. The number of hydrogen-bond donors (Lipinski definition) is 1. The molecule has 0 spiro atoms. The first-order chi connectivity index (χ1) is 7.45. The van der Waals surface area contributed by atoms with E-state index >= 15 is 0 Å². The summed E-state index contributed by atoms with van der Waals surface area (Å²) in [7, 11) is 0. The monoisotopic (exact) mass is 327 g/mol. The van der Waals surface area contributed by atoms with Gasteiger partial charge in [-0.25, -0.2) is 0 Å². The van der Waals surface area contributed by atoms with Crippen LogP contribution in [0, 0.1) is 0 Å². The van der Waals surface area contributed by atoms with E-state index in [0.29, 0.717) is 11.8 Å². The van der Waals surface area contributed by atoms with Gasteiger partial charge in [-0.15, -0.1) is 0 Å². The molecular formula is C12H17NO2Sn. The number of amides is 1. The van der Waals surface area contributed by atoms with Crippen molar-refractivity contribution in [1.82, 2.24) is 5.32 Å². The summed E-state index contributed by atoms with van der Waals surface area (Å²) >= 11 is -2.01. The molecule has 1 N–H and O–H groups in total. The van der Waals surface area contributed by atoms with Gasteiger partial charge >= 0.3 is 100 Å². The molecule has 86 valence electrons. The molecule has 0 saturated carbocycles. The van der Waals surface area contributed by atoms with Crippen LogP contribution in [-0.2, 0) is 4.79 Å². The molecule has 0 radical (unpaired) electrons. The van der Waals surface area contributed by atoms with Gasteiger partial charge in [-0.2, -0.15) is 0 Å². The topological polar surface area (TPSA) is 46.2 Å². The summed E-state index contributed by atoms with van der Waals surface area (Å²) in [5.41, 5.74) is 0.612. The van der Waals surface area contributed by atoms with Crippen molar-refractivity contribution in [3.8, 4) is 0 Å². The fourth-order valence-corrected chi connectivity index (χ4v) is 4.69. The summed E-state index contributed by atoms with van der Waals surface area (Å²) in [6.07, 6.45) is 0.678. The molecule has 0 saturated heterocycles. The Labute approximate surface area is 100 Å². The van der Waals surface area contributed by atoms with Crippen LogP contribution in [0.25, 0.3) is 0 Å². The number of carbonyl (C=O) groups excluding carboxylic acids is 2. The normalized spacial score (nSPS) is 10.9. The molecule has 0 aliphatic heterocycles. The molecule has 1 amide bonds. The van der Waals surface area contributed by atoms with Crippen molar-refractivity contribution < 1.29 is 9.59 Å². The van der Waals surface area contributed by atoms with Gasteiger partial charge < -0.3 is 0 Å². The van der Waals surface area contributed by atoms with E-state index in [4.69, 9.17) is 0 Å². The van der Waals surface area contributed by atoms with Crippen LogP contribution in [0.1, 0.15) is 10.4 Å². The van der Waals surface area contributed by atoms with Crippen molar-refractivity contribution in [2.75, 3.05) is 6.54 Å². The quantitative estimate of drug-likeness (QED) is 0.667. The molecule has 1 aromatic rings. The van der Waals surface area contributed by atoms with E-state index in [1.165, 1.54) is 3.58 Å². The molecule has 3 nitrogen and oxygen atoms in total. The summed E-state index contributed by atoms with van der Waals surface area (Å²) in [5.74, 6) is -0.192. The maximum atomic E-state index is 11.5. The van der Waals surface area contributed by atoms with Crippen LogP contribution in [0.4, 0.5) is 0 Å². The zero-order chi connectivity index (χ0) is 12.2. The molecule has 0 unspecified atom stereocenters. The summed E-state index contributed by atoms with van der Waals surface area (Å²) in [6.45, 7) is 0.0685. The van der Waals surface area contributed by atoms with E-state index < -0.39 is 18.4 Å². The van der Waals surface area contributed by atoms with E-state index in [1.54, 1.807) is 0 Å². The van der Waals surface area contributed by atoms with Gasteiger partial charge in [0, 0.05) is 0 Å². The molecule has 0 aromatic heterocycles. The van der Waals surface area contributed by atoms with Crippen molar-refractivity contribution in [3.63, 3.8) is 0 Å². The number of rotatable bonds is 4. The number of aldehydes is 1. The second-order valence-electron chi connectivity index (χ2n) is 4.70. The number of benzene rings is 1. The zero-order valence-electron chi connectivity index (χ0n) is 9.91. The third-order valence-electron chi connectivity index (χ3n) is 2.36. The molecule has 1 aromatic carbocycles. The number of carbonyl (C=O) groups is 2. The van der Waals surface area contributed by atoms with Crippen LogP contribution in [0.2, 0.25) is 14.8 Å². The first kappa shape index (κ1) is 13.2.